The topological polar surface area (TPSA) is 101 Å². The summed E-state index contributed by atoms with van der Waals surface area (Å²) < 4.78 is 5.08. The first kappa shape index (κ1) is 13.1. The lowest BCUT2D eigenvalue weighted by molar-refractivity contribution is -0.138. The number of nitrogens with two attached hydrogens (primary N) is 1. The summed E-state index contributed by atoms with van der Waals surface area (Å²) in [5.74, 6) is -0.120. The van der Waals surface area contributed by atoms with Gasteiger partial charge in [0.2, 0.25) is 0 Å². The second-order valence-electron chi connectivity index (χ2n) is 4.14. The second-order valence-corrected chi connectivity index (χ2v) is 4.14. The molecule has 0 bridgehead atoms. The highest BCUT2D eigenvalue weighted by Gasteiger charge is 2.20. The van der Waals surface area contributed by atoms with E-state index in [1.54, 1.807) is 7.11 Å². The minimum absolute atomic E-state index is 0.246. The van der Waals surface area contributed by atoms with Crippen LogP contribution in [0, 0.1) is 6.92 Å². The summed E-state index contributed by atoms with van der Waals surface area (Å²) in [4.78, 5) is 18.0. The van der Waals surface area contributed by atoms with Crippen molar-refractivity contribution in [1.82, 2.24) is 9.97 Å². The average Bonchev–Trinajstić information content (AvgIpc) is 2.80. The lowest BCUT2D eigenvalue weighted by atomic mass is 10.1. The fraction of sp³-hybridized carbons (Fsp3) is 0.231. The Morgan fingerprint density at radius 1 is 1.42 bits per heavy atom. The molecule has 0 spiro atoms. The molecular weight excluding hydrogens is 246 g/mol. The fourth-order valence-electron chi connectivity index (χ4n) is 1.78. The van der Waals surface area contributed by atoms with Gasteiger partial charge in [-0.3, -0.25) is 4.79 Å². The zero-order chi connectivity index (χ0) is 14.0. The first-order chi connectivity index (χ1) is 9.02. The monoisotopic (exact) mass is 261 g/mol. The van der Waals surface area contributed by atoms with Crippen molar-refractivity contribution in [3.8, 4) is 17.0 Å². The van der Waals surface area contributed by atoms with Crippen LogP contribution in [-0.4, -0.2) is 28.2 Å². The minimum atomic E-state index is -1.15. The van der Waals surface area contributed by atoms with Gasteiger partial charge >= 0.3 is 5.97 Å². The largest absolute Gasteiger partial charge is 0.497 e. The van der Waals surface area contributed by atoms with E-state index in [0.29, 0.717) is 5.69 Å². The van der Waals surface area contributed by atoms with Crippen LogP contribution in [0.3, 0.4) is 0 Å². The highest BCUT2D eigenvalue weighted by Crippen LogP contribution is 2.24. The van der Waals surface area contributed by atoms with Crippen LogP contribution in [0.25, 0.3) is 11.3 Å². The molecular formula is C13H15N3O3. The predicted molar refractivity (Wildman–Crippen MR) is 69.9 cm³/mol. The molecule has 1 aromatic heterocycles. The van der Waals surface area contributed by atoms with Gasteiger partial charge < -0.3 is 20.6 Å². The standard InChI is InChI=1S/C13H15N3O3/c1-7-11(8-3-5-9(19-2)6-4-8)16-12(15-7)10(14)13(17)18/h3-6,10H,14H2,1-2H3,(H,15,16)(H,17,18). The second kappa shape index (κ2) is 5.11. The lowest BCUT2D eigenvalue weighted by Crippen LogP contribution is -2.21. The summed E-state index contributed by atoms with van der Waals surface area (Å²) in [5, 5.41) is 8.87. The molecule has 0 saturated heterocycles. The smallest absolute Gasteiger partial charge is 0.328 e. The molecule has 1 heterocycles. The third-order valence-corrected chi connectivity index (χ3v) is 2.83. The molecule has 1 aromatic carbocycles. The Labute approximate surface area is 110 Å². The van der Waals surface area contributed by atoms with Crippen LogP contribution in [0.5, 0.6) is 5.75 Å². The Balaban J connectivity index is 2.36. The summed E-state index contributed by atoms with van der Waals surface area (Å²) >= 11 is 0. The number of aromatic nitrogens is 2. The lowest BCUT2D eigenvalue weighted by Gasteiger charge is -2.02. The van der Waals surface area contributed by atoms with E-state index in [4.69, 9.17) is 15.6 Å². The highest BCUT2D eigenvalue weighted by atomic mass is 16.5. The normalized spacial score (nSPS) is 12.2. The SMILES string of the molecule is COc1ccc(-c2nc(C(N)C(=O)O)[nH]c2C)cc1. The van der Waals surface area contributed by atoms with Crippen molar-refractivity contribution in [3.63, 3.8) is 0 Å². The summed E-state index contributed by atoms with van der Waals surface area (Å²) in [6.07, 6.45) is 0. The molecule has 6 heteroatoms. The number of benzene rings is 1. The van der Waals surface area contributed by atoms with Gasteiger partial charge in [0.05, 0.1) is 12.8 Å². The van der Waals surface area contributed by atoms with Crippen LogP contribution in [0.4, 0.5) is 0 Å². The van der Waals surface area contributed by atoms with Gasteiger partial charge in [0.25, 0.3) is 0 Å². The maximum Gasteiger partial charge on any atom is 0.328 e. The number of rotatable bonds is 4. The number of nitrogens with zero attached hydrogens (tertiary/aromatic N) is 1. The van der Waals surface area contributed by atoms with Crippen molar-refractivity contribution in [2.45, 2.75) is 13.0 Å². The van der Waals surface area contributed by atoms with Crippen molar-refractivity contribution in [1.29, 1.82) is 0 Å². The van der Waals surface area contributed by atoms with E-state index >= 15 is 0 Å². The molecule has 0 saturated carbocycles. The van der Waals surface area contributed by atoms with Gasteiger partial charge in [-0.05, 0) is 31.2 Å². The molecule has 0 aliphatic rings. The third kappa shape index (κ3) is 2.58. The zero-order valence-corrected chi connectivity index (χ0v) is 10.7. The van der Waals surface area contributed by atoms with Crippen LogP contribution >= 0.6 is 0 Å². The first-order valence-electron chi connectivity index (χ1n) is 5.72. The van der Waals surface area contributed by atoms with Gasteiger partial charge in [0.1, 0.15) is 11.6 Å². The van der Waals surface area contributed by atoms with E-state index in [0.717, 1.165) is 17.0 Å². The molecule has 0 aliphatic carbocycles. The van der Waals surface area contributed by atoms with Gasteiger partial charge in [-0.2, -0.15) is 0 Å². The molecule has 4 N–H and O–H groups in total. The maximum absolute atomic E-state index is 10.8. The van der Waals surface area contributed by atoms with Crippen molar-refractivity contribution >= 4 is 5.97 Å². The molecule has 0 amide bonds. The molecule has 1 unspecified atom stereocenters. The molecule has 100 valence electrons. The number of hydrogen-bond donors (Lipinski definition) is 3. The summed E-state index contributed by atoms with van der Waals surface area (Å²) in [7, 11) is 1.60. The number of carboxylic acid groups (broad SMARTS) is 1. The zero-order valence-electron chi connectivity index (χ0n) is 10.7. The molecule has 1 atom stereocenters. The van der Waals surface area contributed by atoms with Crippen LogP contribution in [0.1, 0.15) is 17.6 Å². The number of carboxylic acids is 1. The number of aromatic amines is 1. The van der Waals surface area contributed by atoms with Crippen molar-refractivity contribution in [2.24, 2.45) is 5.73 Å². The first-order valence-corrected chi connectivity index (χ1v) is 5.72. The molecule has 2 rings (SSSR count). The van der Waals surface area contributed by atoms with E-state index in [1.807, 2.05) is 31.2 Å². The van der Waals surface area contributed by atoms with Crippen LogP contribution < -0.4 is 10.5 Å². The molecule has 2 aromatic rings. The third-order valence-electron chi connectivity index (χ3n) is 2.83. The molecule has 0 fully saturated rings. The summed E-state index contributed by atoms with van der Waals surface area (Å²) in [5.41, 5.74) is 7.87. The Bertz CT molecular complexity index is 590. The van der Waals surface area contributed by atoms with Gasteiger partial charge in [0.15, 0.2) is 6.04 Å². The number of aliphatic carboxylic acids is 1. The van der Waals surface area contributed by atoms with E-state index in [-0.39, 0.29) is 5.82 Å². The molecule has 6 nitrogen and oxygen atoms in total. The number of imidazole rings is 1. The number of hydrogen-bond acceptors (Lipinski definition) is 4. The van der Waals surface area contributed by atoms with E-state index in [2.05, 4.69) is 9.97 Å². The number of carbonyl (C=O) groups is 1. The summed E-state index contributed by atoms with van der Waals surface area (Å²) in [6.45, 7) is 1.82. The molecule has 0 aliphatic heterocycles. The Morgan fingerprint density at radius 2 is 2.05 bits per heavy atom. The highest BCUT2D eigenvalue weighted by molar-refractivity contribution is 5.74. The van der Waals surface area contributed by atoms with E-state index in [9.17, 15) is 4.79 Å². The van der Waals surface area contributed by atoms with Gasteiger partial charge in [-0.1, -0.05) is 0 Å². The van der Waals surface area contributed by atoms with Gasteiger partial charge in [-0.15, -0.1) is 0 Å². The summed E-state index contributed by atoms with van der Waals surface area (Å²) in [6, 6.07) is 6.21. The van der Waals surface area contributed by atoms with Crippen molar-refractivity contribution in [3.05, 3.63) is 35.8 Å². The minimum Gasteiger partial charge on any atom is -0.497 e. The van der Waals surface area contributed by atoms with Gasteiger partial charge in [-0.25, -0.2) is 4.98 Å². The number of ether oxygens (including phenoxy) is 1. The Hall–Kier alpha value is -2.34. The van der Waals surface area contributed by atoms with Crippen LogP contribution in [0.15, 0.2) is 24.3 Å². The number of H-pyrrole nitrogens is 1. The van der Waals surface area contributed by atoms with E-state index in [1.165, 1.54) is 0 Å². The predicted octanol–water partition coefficient (Wildman–Crippen LogP) is 1.48. The molecule has 19 heavy (non-hydrogen) atoms. The molecule has 0 radical (unpaired) electrons. The fourth-order valence-corrected chi connectivity index (χ4v) is 1.78. The Morgan fingerprint density at radius 3 is 2.58 bits per heavy atom. The number of nitrogens with one attached hydrogen (secondary N) is 1. The Kier molecular flexibility index (Phi) is 3.52. The van der Waals surface area contributed by atoms with Crippen LogP contribution in [0.2, 0.25) is 0 Å². The maximum atomic E-state index is 10.8. The van der Waals surface area contributed by atoms with Crippen LogP contribution in [-0.2, 0) is 4.79 Å². The average molecular weight is 261 g/mol. The van der Waals surface area contributed by atoms with Crippen molar-refractivity contribution in [2.75, 3.05) is 7.11 Å². The van der Waals surface area contributed by atoms with Gasteiger partial charge in [0, 0.05) is 11.3 Å². The number of aryl methyl sites for hydroxylation is 1. The number of methoxy groups -OCH3 is 1. The quantitative estimate of drug-likeness (QED) is 0.773. The van der Waals surface area contributed by atoms with Crippen molar-refractivity contribution < 1.29 is 14.6 Å². The van der Waals surface area contributed by atoms with E-state index < -0.39 is 12.0 Å².